The number of aromatic nitrogens is 1. The number of nitrogen functional groups attached to an aromatic ring is 1. The number of nitrogens with two attached hydrogens (primary N) is 2. The highest BCUT2D eigenvalue weighted by molar-refractivity contribution is 7.16. The molecule has 2 aromatic heterocycles. The number of thiophene rings is 1. The summed E-state index contributed by atoms with van der Waals surface area (Å²) in [7, 11) is 0. The molecule has 13 nitrogen and oxygen atoms in total. The number of piperazine rings is 2. The van der Waals surface area contributed by atoms with E-state index in [0.717, 1.165) is 61.9 Å². The number of amides is 1. The number of hydrogen-bond acceptors (Lipinski definition) is 12. The van der Waals surface area contributed by atoms with Gasteiger partial charge in [0.05, 0.1) is 11.0 Å². The quantitative estimate of drug-likeness (QED) is 0.204. The zero-order valence-corrected chi connectivity index (χ0v) is 28.3. The third-order valence-electron chi connectivity index (χ3n) is 8.93. The third-order valence-corrected chi connectivity index (χ3v) is 10.0. The highest BCUT2D eigenvalue weighted by atomic mass is 32.1. The number of fused-ring (bicyclic) bond motifs is 1. The second-order valence-corrected chi connectivity index (χ2v) is 14.4. The summed E-state index contributed by atoms with van der Waals surface area (Å²) in [5.41, 5.74) is 13.2. The fourth-order valence-corrected chi connectivity index (χ4v) is 7.47. The molecule has 46 heavy (non-hydrogen) atoms. The third kappa shape index (κ3) is 7.00. The van der Waals surface area contributed by atoms with Crippen molar-refractivity contribution in [2.24, 2.45) is 10.9 Å². The first-order chi connectivity index (χ1) is 21.8. The number of anilines is 3. The van der Waals surface area contributed by atoms with Crippen LogP contribution in [0, 0.1) is 11.3 Å². The summed E-state index contributed by atoms with van der Waals surface area (Å²) in [6, 6.07) is 6.06. The Morgan fingerprint density at radius 1 is 1.11 bits per heavy atom. The SMILES string of the molecule is CCN1CCN(c2cc(N3CCN(C(=O)OC(C)(C)C)CC3)cc(/C(N)=N/OC(=O)C3(C)CCCc4sc(N)c(C#N)c43)n2)CC1. The van der Waals surface area contributed by atoms with Crippen molar-refractivity contribution in [2.75, 3.05) is 74.4 Å². The smallest absolute Gasteiger partial charge is 0.410 e. The van der Waals surface area contributed by atoms with Gasteiger partial charge in [-0.15, -0.1) is 11.3 Å². The number of nitriles is 1. The van der Waals surface area contributed by atoms with Crippen LogP contribution in [0.2, 0.25) is 0 Å². The molecule has 0 bridgehead atoms. The van der Waals surface area contributed by atoms with E-state index in [1.54, 1.807) is 11.8 Å². The molecule has 2 saturated heterocycles. The summed E-state index contributed by atoms with van der Waals surface area (Å²) in [6.07, 6.45) is 1.72. The standard InChI is InChI=1S/C32H45N9O4S/c1-6-38-10-12-40(13-11-38)25-19-21(39-14-16-41(17-15-39)30(43)44-31(2,3)4)18-23(36-25)27(34)37-45-29(42)32(5)9-7-8-24-26(32)22(20-33)28(35)46-24/h18-19H,6-17,35H2,1-5H3,(H2,34,37). The van der Waals surface area contributed by atoms with E-state index >= 15 is 0 Å². The number of amidine groups is 1. The first-order valence-corrected chi connectivity index (χ1v) is 16.7. The van der Waals surface area contributed by atoms with Gasteiger partial charge >= 0.3 is 12.1 Å². The first-order valence-electron chi connectivity index (χ1n) is 15.9. The first kappa shape index (κ1) is 33.3. The molecule has 5 rings (SSSR count). The van der Waals surface area contributed by atoms with E-state index in [0.29, 0.717) is 54.4 Å². The molecular weight excluding hydrogens is 606 g/mol. The van der Waals surface area contributed by atoms with Crippen LogP contribution in [0.4, 0.5) is 21.3 Å². The molecule has 248 valence electrons. The number of ether oxygens (including phenoxy) is 1. The van der Waals surface area contributed by atoms with Crippen LogP contribution in [-0.2, 0) is 26.2 Å². The Bertz CT molecular complexity index is 1530. The Balaban J connectivity index is 1.38. The Labute approximate surface area is 274 Å². The van der Waals surface area contributed by atoms with Crippen molar-refractivity contribution >= 4 is 45.7 Å². The summed E-state index contributed by atoms with van der Waals surface area (Å²) in [4.78, 5) is 46.0. The topological polar surface area (TPSA) is 167 Å². The van der Waals surface area contributed by atoms with Gasteiger partial charge in [-0.25, -0.2) is 14.6 Å². The Morgan fingerprint density at radius 3 is 2.41 bits per heavy atom. The van der Waals surface area contributed by atoms with Crippen molar-refractivity contribution in [1.82, 2.24) is 14.8 Å². The second kappa shape index (κ2) is 13.3. The summed E-state index contributed by atoms with van der Waals surface area (Å²) < 4.78 is 5.57. The van der Waals surface area contributed by atoms with Gasteiger partial charge in [0.15, 0.2) is 5.84 Å². The molecule has 4 heterocycles. The van der Waals surface area contributed by atoms with Crippen LogP contribution < -0.4 is 21.3 Å². The van der Waals surface area contributed by atoms with Crippen molar-refractivity contribution in [1.29, 1.82) is 5.26 Å². The largest absolute Gasteiger partial charge is 0.444 e. The maximum atomic E-state index is 13.5. The average molecular weight is 652 g/mol. The van der Waals surface area contributed by atoms with Gasteiger partial charge in [0.2, 0.25) is 0 Å². The average Bonchev–Trinajstić information content (AvgIpc) is 3.38. The van der Waals surface area contributed by atoms with Crippen LogP contribution in [0.5, 0.6) is 0 Å². The second-order valence-electron chi connectivity index (χ2n) is 13.2. The molecule has 1 unspecified atom stereocenters. The van der Waals surface area contributed by atoms with Crippen molar-refractivity contribution in [3.8, 4) is 6.07 Å². The van der Waals surface area contributed by atoms with Gasteiger partial charge in [0, 0.05) is 74.6 Å². The molecule has 0 saturated carbocycles. The fourth-order valence-electron chi connectivity index (χ4n) is 6.28. The number of aryl methyl sites for hydroxylation is 1. The van der Waals surface area contributed by atoms with E-state index in [1.807, 2.05) is 32.9 Å². The number of rotatable bonds is 6. The van der Waals surface area contributed by atoms with Gasteiger partial charge in [0.25, 0.3) is 0 Å². The Morgan fingerprint density at radius 2 is 1.78 bits per heavy atom. The molecule has 4 N–H and O–H groups in total. The summed E-state index contributed by atoms with van der Waals surface area (Å²) in [5.74, 6) is 0.149. The number of carbonyl (C=O) groups is 2. The van der Waals surface area contributed by atoms with Gasteiger partial charge < -0.3 is 40.6 Å². The molecule has 1 atom stereocenters. The van der Waals surface area contributed by atoms with Crippen molar-refractivity contribution < 1.29 is 19.2 Å². The van der Waals surface area contributed by atoms with E-state index in [9.17, 15) is 14.9 Å². The van der Waals surface area contributed by atoms with E-state index in [2.05, 4.69) is 32.8 Å². The number of carbonyl (C=O) groups excluding carboxylic acids is 2. The van der Waals surface area contributed by atoms with Gasteiger partial charge in [-0.3, -0.25) is 0 Å². The van der Waals surface area contributed by atoms with Crippen molar-refractivity contribution in [2.45, 2.75) is 64.9 Å². The maximum Gasteiger partial charge on any atom is 0.410 e. The summed E-state index contributed by atoms with van der Waals surface area (Å²) in [6.45, 7) is 16.2. The van der Waals surface area contributed by atoms with E-state index < -0.39 is 17.0 Å². The molecular formula is C32H45N9O4S. The minimum atomic E-state index is -1.07. The molecule has 2 aliphatic heterocycles. The predicted octanol–water partition coefficient (Wildman–Crippen LogP) is 3.25. The number of hydrogen-bond donors (Lipinski definition) is 2. The molecule has 0 spiro atoms. The molecule has 2 fully saturated rings. The summed E-state index contributed by atoms with van der Waals surface area (Å²) >= 11 is 1.35. The maximum absolute atomic E-state index is 13.5. The van der Waals surface area contributed by atoms with Crippen LogP contribution in [0.3, 0.4) is 0 Å². The van der Waals surface area contributed by atoms with E-state index in [4.69, 9.17) is 26.0 Å². The minimum absolute atomic E-state index is 0.0268. The molecule has 14 heteroatoms. The Kier molecular flexibility index (Phi) is 9.65. The Hall–Kier alpha value is -4.09. The molecule has 3 aliphatic rings. The number of pyridine rings is 1. The van der Waals surface area contributed by atoms with Crippen LogP contribution in [0.1, 0.15) is 69.2 Å². The molecule has 0 aromatic carbocycles. The number of oxime groups is 1. The van der Waals surface area contributed by atoms with Gasteiger partial charge in [0.1, 0.15) is 28.2 Å². The van der Waals surface area contributed by atoms with Crippen LogP contribution in [0.25, 0.3) is 0 Å². The lowest BCUT2D eigenvalue weighted by Gasteiger charge is -2.38. The fraction of sp³-hybridized carbons (Fsp3) is 0.594. The number of likely N-dealkylation sites (N-methyl/N-ethyl adjacent to an activating group) is 1. The lowest BCUT2D eigenvalue weighted by atomic mass is 9.72. The molecule has 0 radical (unpaired) electrons. The molecule has 1 aliphatic carbocycles. The van der Waals surface area contributed by atoms with Gasteiger partial charge in [-0.05, 0) is 59.6 Å². The van der Waals surface area contributed by atoms with Crippen molar-refractivity contribution in [3.05, 3.63) is 33.8 Å². The lowest BCUT2D eigenvalue weighted by Crippen LogP contribution is -2.50. The summed E-state index contributed by atoms with van der Waals surface area (Å²) in [5, 5.41) is 14.2. The normalized spacial score (nSPS) is 21.0. The molecule has 2 aromatic rings. The van der Waals surface area contributed by atoms with Gasteiger partial charge in [-0.1, -0.05) is 12.1 Å². The van der Waals surface area contributed by atoms with E-state index in [1.165, 1.54) is 11.3 Å². The van der Waals surface area contributed by atoms with Crippen LogP contribution in [0.15, 0.2) is 17.3 Å². The van der Waals surface area contributed by atoms with Gasteiger partial charge in [-0.2, -0.15) is 5.26 Å². The predicted molar refractivity (Wildman–Crippen MR) is 179 cm³/mol. The van der Waals surface area contributed by atoms with Crippen LogP contribution >= 0.6 is 11.3 Å². The van der Waals surface area contributed by atoms with Crippen LogP contribution in [-0.4, -0.2) is 97.2 Å². The number of nitrogens with zero attached hydrogens (tertiary/aromatic N) is 7. The highest BCUT2D eigenvalue weighted by Gasteiger charge is 2.45. The van der Waals surface area contributed by atoms with Crippen molar-refractivity contribution in [3.63, 3.8) is 0 Å². The zero-order chi connectivity index (χ0) is 33.2. The zero-order valence-electron chi connectivity index (χ0n) is 27.5. The lowest BCUT2D eigenvalue weighted by molar-refractivity contribution is -0.150. The molecule has 1 amide bonds. The monoisotopic (exact) mass is 651 g/mol. The highest BCUT2D eigenvalue weighted by Crippen LogP contribution is 2.46. The minimum Gasteiger partial charge on any atom is -0.444 e. The van der Waals surface area contributed by atoms with E-state index in [-0.39, 0.29) is 11.9 Å².